The molecule has 2 aromatic heterocycles. The van der Waals surface area contributed by atoms with Gasteiger partial charge in [-0.05, 0) is 151 Å². The van der Waals surface area contributed by atoms with Crippen LogP contribution < -0.4 is 26.2 Å². The Bertz CT molecular complexity index is 4430. The SMILES string of the molecule is CC(C)(C)c1ccc2c(c1)N(c1ccccc1)c1cc(-c3ccc4c(c3)c3cc(C(C)(C)C)ccc3n4-c3ccc(C#N)cc3-c3nc(-c4ccccc4)nc(-c4ccccc4)n3)cc3c1B2c1ccc(C(C)(C)C)cc1N3c1ccccc1. The summed E-state index contributed by atoms with van der Waals surface area (Å²) >= 11 is 0. The Morgan fingerprint density at radius 1 is 0.369 bits per heavy atom. The number of anilines is 6. The van der Waals surface area contributed by atoms with Gasteiger partial charge >= 0.3 is 0 Å². The number of fused-ring (bicyclic) bond motifs is 7. The van der Waals surface area contributed by atoms with Gasteiger partial charge in [-0.25, -0.2) is 15.0 Å². The average molecular weight is 1090 g/mol. The lowest BCUT2D eigenvalue weighted by atomic mass is 9.33. The first-order valence-corrected chi connectivity index (χ1v) is 29.2. The lowest BCUT2D eigenvalue weighted by Gasteiger charge is -2.45. The maximum atomic E-state index is 10.5. The number of rotatable bonds is 7. The van der Waals surface area contributed by atoms with E-state index < -0.39 is 0 Å². The first-order valence-electron chi connectivity index (χ1n) is 29.2. The summed E-state index contributed by atoms with van der Waals surface area (Å²) in [5.41, 5.74) is 22.4. The molecule has 12 aromatic rings. The second-order valence-electron chi connectivity index (χ2n) is 25.7. The highest BCUT2D eigenvalue weighted by Gasteiger charge is 2.44. The van der Waals surface area contributed by atoms with E-state index in [1.165, 1.54) is 44.5 Å². The molecular formula is C76H64BN7. The molecule has 0 aliphatic carbocycles. The highest BCUT2D eigenvalue weighted by molar-refractivity contribution is 7.00. The Labute approximate surface area is 493 Å². The molecule has 10 aromatic carbocycles. The highest BCUT2D eigenvalue weighted by Crippen LogP contribution is 2.48. The molecule has 0 bridgehead atoms. The Balaban J connectivity index is 1.05. The van der Waals surface area contributed by atoms with E-state index >= 15 is 0 Å². The number of hydrogen-bond donors (Lipinski definition) is 0. The molecule has 0 fully saturated rings. The fourth-order valence-electron chi connectivity index (χ4n) is 12.6. The van der Waals surface area contributed by atoms with Crippen LogP contribution in [0.25, 0.3) is 72.8 Å². The van der Waals surface area contributed by atoms with Crippen LogP contribution in [0.3, 0.4) is 0 Å². The first-order chi connectivity index (χ1) is 40.5. The number of para-hydroxylation sites is 2. The molecule has 0 atom stereocenters. The van der Waals surface area contributed by atoms with Crippen molar-refractivity contribution in [2.24, 2.45) is 0 Å². The summed E-state index contributed by atoms with van der Waals surface area (Å²) in [6.45, 7) is 20.7. The Morgan fingerprint density at radius 3 is 1.30 bits per heavy atom. The summed E-state index contributed by atoms with van der Waals surface area (Å²) in [4.78, 5) is 20.6. The van der Waals surface area contributed by atoms with Crippen molar-refractivity contribution in [2.75, 3.05) is 9.80 Å². The van der Waals surface area contributed by atoms with Gasteiger partial charge < -0.3 is 14.4 Å². The van der Waals surface area contributed by atoms with E-state index in [4.69, 9.17) is 15.0 Å². The lowest BCUT2D eigenvalue weighted by Crippen LogP contribution is -2.61. The molecule has 2 aliphatic heterocycles. The van der Waals surface area contributed by atoms with Crippen molar-refractivity contribution < 1.29 is 0 Å². The topological polar surface area (TPSA) is 73.9 Å². The zero-order valence-electron chi connectivity index (χ0n) is 49.1. The van der Waals surface area contributed by atoms with Gasteiger partial charge in [0.2, 0.25) is 0 Å². The molecule has 0 saturated heterocycles. The smallest absolute Gasteiger partial charge is 0.252 e. The summed E-state index contributed by atoms with van der Waals surface area (Å²) < 4.78 is 2.34. The molecule has 14 rings (SSSR count). The summed E-state index contributed by atoms with van der Waals surface area (Å²) in [6, 6.07) is 83.5. The molecule has 0 radical (unpaired) electrons. The van der Waals surface area contributed by atoms with Crippen molar-refractivity contribution in [1.82, 2.24) is 19.5 Å². The van der Waals surface area contributed by atoms with Gasteiger partial charge in [-0.3, -0.25) is 0 Å². The molecule has 0 spiro atoms. The first kappa shape index (κ1) is 52.3. The third-order valence-electron chi connectivity index (χ3n) is 17.1. The van der Waals surface area contributed by atoms with E-state index in [1.807, 2.05) is 72.8 Å². The Hall–Kier alpha value is -9.84. The zero-order valence-corrected chi connectivity index (χ0v) is 49.1. The van der Waals surface area contributed by atoms with Crippen LogP contribution >= 0.6 is 0 Å². The van der Waals surface area contributed by atoms with Crippen LogP contribution in [0.1, 0.15) is 84.6 Å². The van der Waals surface area contributed by atoms with Crippen LogP contribution in [-0.2, 0) is 16.2 Å². The summed E-state index contributed by atoms with van der Waals surface area (Å²) in [5.74, 6) is 1.59. The molecule has 2 aliphatic rings. The minimum atomic E-state index is -0.127. The molecule has 406 valence electrons. The Morgan fingerprint density at radius 2 is 0.810 bits per heavy atom. The molecule has 0 unspecified atom stereocenters. The van der Waals surface area contributed by atoms with Gasteiger partial charge in [-0.15, -0.1) is 0 Å². The van der Waals surface area contributed by atoms with Crippen LogP contribution in [0.5, 0.6) is 0 Å². The van der Waals surface area contributed by atoms with Crippen molar-refractivity contribution in [1.29, 1.82) is 5.26 Å². The molecule has 7 nitrogen and oxygen atoms in total. The van der Waals surface area contributed by atoms with Gasteiger partial charge in [-0.1, -0.05) is 196 Å². The molecule has 84 heavy (non-hydrogen) atoms. The van der Waals surface area contributed by atoms with E-state index in [1.54, 1.807) is 0 Å². The molecule has 0 amide bonds. The van der Waals surface area contributed by atoms with Gasteiger partial charge in [-0.2, -0.15) is 5.26 Å². The molecule has 8 heteroatoms. The second-order valence-corrected chi connectivity index (χ2v) is 25.7. The third kappa shape index (κ3) is 8.85. The monoisotopic (exact) mass is 1090 g/mol. The zero-order chi connectivity index (χ0) is 57.8. The van der Waals surface area contributed by atoms with Gasteiger partial charge in [0.05, 0.1) is 28.4 Å². The number of hydrogen-bond acceptors (Lipinski definition) is 6. The number of nitriles is 1. The fourth-order valence-corrected chi connectivity index (χ4v) is 12.6. The minimum absolute atomic E-state index is 0.0353. The van der Waals surface area contributed by atoms with Gasteiger partial charge in [0.25, 0.3) is 6.71 Å². The van der Waals surface area contributed by atoms with Crippen LogP contribution in [0.15, 0.2) is 224 Å². The molecule has 4 heterocycles. The van der Waals surface area contributed by atoms with E-state index in [2.05, 4.69) is 234 Å². The van der Waals surface area contributed by atoms with Crippen molar-refractivity contribution in [3.8, 4) is 57.0 Å². The van der Waals surface area contributed by atoms with E-state index in [0.29, 0.717) is 23.0 Å². The van der Waals surface area contributed by atoms with Crippen LogP contribution in [0.4, 0.5) is 34.1 Å². The van der Waals surface area contributed by atoms with E-state index in [9.17, 15) is 5.26 Å². The van der Waals surface area contributed by atoms with Crippen LogP contribution in [0.2, 0.25) is 0 Å². The van der Waals surface area contributed by atoms with Crippen LogP contribution in [-0.4, -0.2) is 26.2 Å². The third-order valence-corrected chi connectivity index (χ3v) is 17.1. The van der Waals surface area contributed by atoms with Crippen molar-refractivity contribution in [2.45, 2.75) is 78.6 Å². The molecule has 0 N–H and O–H groups in total. The predicted molar refractivity (Wildman–Crippen MR) is 351 cm³/mol. The molecule has 0 saturated carbocycles. The molecular weight excluding hydrogens is 1020 g/mol. The highest BCUT2D eigenvalue weighted by atomic mass is 15.2. The normalized spacial score (nSPS) is 13.0. The van der Waals surface area contributed by atoms with Crippen LogP contribution in [0, 0.1) is 11.3 Å². The van der Waals surface area contributed by atoms with Crippen molar-refractivity contribution in [3.63, 3.8) is 0 Å². The summed E-state index contributed by atoms with van der Waals surface area (Å²) in [5, 5.41) is 12.8. The standard InChI is InChI=1S/C76H64BN7/c1-74(2,3)53-34-39-64-59(44-53)58-41-51(31-38-63(58)84(64)65-37-30-48(47-78)40-60(65)73-80-71(49-22-14-10-15-23-49)79-72(81-73)50-24-16-11-17-25-50)52-42-68-70-69(43-52)83(57-28-20-13-21-29-57)67-46-55(76(7,8)9)33-36-62(67)77(70)61-35-32-54(75(4,5)6)45-66(61)82(68)56-26-18-12-19-27-56/h10-46H,1-9H3. The summed E-state index contributed by atoms with van der Waals surface area (Å²) in [6.07, 6.45) is 0. The number of benzene rings is 10. The maximum Gasteiger partial charge on any atom is 0.252 e. The quantitative estimate of drug-likeness (QED) is 0.148. The largest absolute Gasteiger partial charge is 0.311 e. The van der Waals surface area contributed by atoms with Gasteiger partial charge in [0.15, 0.2) is 17.5 Å². The average Bonchev–Trinajstić information content (AvgIpc) is 0.872. The maximum absolute atomic E-state index is 10.5. The van der Waals surface area contributed by atoms with Gasteiger partial charge in [0, 0.05) is 61.6 Å². The number of nitrogens with zero attached hydrogens (tertiary/aromatic N) is 7. The lowest BCUT2D eigenvalue weighted by molar-refractivity contribution is 0.590. The Kier molecular flexibility index (Phi) is 12.2. The predicted octanol–water partition coefficient (Wildman–Crippen LogP) is 17.5. The van der Waals surface area contributed by atoms with Crippen molar-refractivity contribution in [3.05, 3.63) is 247 Å². The minimum Gasteiger partial charge on any atom is -0.311 e. The van der Waals surface area contributed by atoms with E-state index in [0.717, 1.165) is 78.1 Å². The van der Waals surface area contributed by atoms with Crippen molar-refractivity contribution >= 4 is 79.0 Å². The fraction of sp³-hybridized carbons (Fsp3) is 0.158. The van der Waals surface area contributed by atoms with Gasteiger partial charge in [0.1, 0.15) is 0 Å². The second kappa shape index (κ2) is 19.7. The number of aromatic nitrogens is 4. The summed E-state index contributed by atoms with van der Waals surface area (Å²) in [7, 11) is 0. The van der Waals surface area contributed by atoms with E-state index in [-0.39, 0.29) is 23.0 Å².